The van der Waals surface area contributed by atoms with Crippen LogP contribution in [0, 0.1) is 0 Å². The van der Waals surface area contributed by atoms with Crippen LogP contribution < -0.4 is 30.9 Å². The van der Waals surface area contributed by atoms with Crippen molar-refractivity contribution in [3.8, 4) is 50.7 Å². The monoisotopic (exact) mass is 951 g/mol. The first-order valence-corrected chi connectivity index (χ1v) is 22.0. The summed E-state index contributed by atoms with van der Waals surface area (Å²) in [7, 11) is 7.66. The Balaban J connectivity index is 0.948. The number of rotatable bonds is 12. The molecule has 16 nitrogen and oxygen atoms in total. The van der Waals surface area contributed by atoms with Gasteiger partial charge in [-0.05, 0) is 95.6 Å². The Bertz CT molecular complexity index is 3770. The van der Waals surface area contributed by atoms with Crippen LogP contribution in [0.3, 0.4) is 0 Å². The Labute approximate surface area is 403 Å². The summed E-state index contributed by atoms with van der Waals surface area (Å²) >= 11 is 0. The average Bonchev–Trinajstić information content (AvgIpc) is 3.35. The SMILES string of the molecule is CN(C)c1ccc2c(-c3ccc(C(=O)NCc4ccc(C(=O)NCc5c(O)ccc6c(-c7ccc(C(=O)O)cc7C(=O)O)c7ccc(=O)cc-7oc56)cc4)cc3C(=O)O)c3ccc(=[N+](C)C)cc-3oc2c1. The molecule has 9 rings (SSSR count). The summed E-state index contributed by atoms with van der Waals surface area (Å²) in [6.07, 6.45) is 0. The number of phenols is 1. The Morgan fingerprint density at radius 2 is 1.13 bits per heavy atom. The van der Waals surface area contributed by atoms with Crippen LogP contribution in [-0.4, -0.2) is 78.3 Å². The van der Waals surface area contributed by atoms with Crippen molar-refractivity contribution in [3.05, 3.63) is 182 Å². The van der Waals surface area contributed by atoms with E-state index < -0.39 is 35.2 Å². The molecule has 0 radical (unpaired) electrons. The van der Waals surface area contributed by atoms with Crippen LogP contribution in [0.5, 0.6) is 5.75 Å². The summed E-state index contributed by atoms with van der Waals surface area (Å²) in [5.74, 6) is -4.65. The Kier molecular flexibility index (Phi) is 12.1. The second-order valence-electron chi connectivity index (χ2n) is 17.2. The van der Waals surface area contributed by atoms with Crippen LogP contribution in [0.15, 0.2) is 141 Å². The molecule has 2 heterocycles. The van der Waals surface area contributed by atoms with Gasteiger partial charge in [0.25, 0.3) is 11.8 Å². The van der Waals surface area contributed by atoms with Crippen molar-refractivity contribution in [1.29, 1.82) is 0 Å². The van der Waals surface area contributed by atoms with Gasteiger partial charge in [0.15, 0.2) is 5.43 Å². The zero-order chi connectivity index (χ0) is 50.4. The van der Waals surface area contributed by atoms with Crippen molar-refractivity contribution in [2.45, 2.75) is 13.1 Å². The summed E-state index contributed by atoms with van der Waals surface area (Å²) in [6, 6.07) is 32.8. The van der Waals surface area contributed by atoms with Crippen LogP contribution >= 0.6 is 0 Å². The molecule has 6 N–H and O–H groups in total. The molecule has 0 aromatic heterocycles. The minimum Gasteiger partial charge on any atom is -0.507 e. The number of amides is 2. The van der Waals surface area contributed by atoms with Crippen LogP contribution in [0.4, 0.5) is 5.69 Å². The van der Waals surface area contributed by atoms with Gasteiger partial charge in [-0.15, -0.1) is 0 Å². The molecule has 0 bridgehead atoms. The van der Waals surface area contributed by atoms with Gasteiger partial charge in [0.05, 0.1) is 34.9 Å². The normalized spacial score (nSPS) is 11.2. The number of hydrogen-bond donors (Lipinski definition) is 6. The lowest BCUT2D eigenvalue weighted by atomic mass is 9.89. The number of aromatic carboxylic acids is 3. The lowest BCUT2D eigenvalue weighted by Crippen LogP contribution is -2.24. The maximum absolute atomic E-state index is 13.6. The molecule has 0 spiro atoms. The Morgan fingerprint density at radius 1 is 0.563 bits per heavy atom. The van der Waals surface area contributed by atoms with Gasteiger partial charge < -0.3 is 44.8 Å². The molecule has 4 aliphatic rings. The molecule has 0 fully saturated rings. The average molecular weight is 952 g/mol. The molecule has 2 aliphatic carbocycles. The predicted molar refractivity (Wildman–Crippen MR) is 266 cm³/mol. The lowest BCUT2D eigenvalue weighted by molar-refractivity contribution is 0.0682. The van der Waals surface area contributed by atoms with Crippen molar-refractivity contribution in [2.24, 2.45) is 0 Å². The fourth-order valence-corrected chi connectivity index (χ4v) is 8.64. The van der Waals surface area contributed by atoms with Crippen LogP contribution in [0.1, 0.15) is 62.9 Å². The van der Waals surface area contributed by atoms with Crippen molar-refractivity contribution in [3.63, 3.8) is 0 Å². The fourth-order valence-electron chi connectivity index (χ4n) is 8.64. The molecule has 5 aromatic carbocycles. The van der Waals surface area contributed by atoms with E-state index in [1.807, 2.05) is 74.1 Å². The van der Waals surface area contributed by atoms with Crippen LogP contribution in [0.25, 0.3) is 66.8 Å². The number of nitrogens with one attached hydrogen (secondary N) is 2. The van der Waals surface area contributed by atoms with Crippen molar-refractivity contribution in [2.75, 3.05) is 33.1 Å². The van der Waals surface area contributed by atoms with Crippen LogP contribution in [0.2, 0.25) is 0 Å². The number of carbonyl (C=O) groups excluding carboxylic acids is 2. The second-order valence-corrected chi connectivity index (χ2v) is 17.2. The van der Waals surface area contributed by atoms with E-state index in [0.29, 0.717) is 55.5 Å². The molecule has 5 aromatic rings. The number of benzene rings is 7. The van der Waals surface area contributed by atoms with E-state index in [0.717, 1.165) is 17.1 Å². The Hall–Kier alpha value is -9.57. The highest BCUT2D eigenvalue weighted by Crippen LogP contribution is 2.45. The van der Waals surface area contributed by atoms with Gasteiger partial charge in [0, 0.05) is 88.7 Å². The standard InChI is InChI=1S/C55H42N4O12/c1-58(2)32-11-16-37-45(23-32)70-46-24-33(59(3)4)12-17-38(46)48(37)35-14-9-30(21-41(35)54(66)67)52(63)56-26-28-5-7-29(8-6-28)51(62)57-27-43-44(61)20-19-40-49(39-18-13-34(60)25-47(39)71-50(40)43)36-15-10-31(53(64)65)22-42(36)55(68)69/h5-25H,26-27H2,1-4H3,(H5-,56,57,60,61,62,63,64,65,66,67,68,69)/p+1. The first kappa shape index (κ1) is 46.5. The van der Waals surface area contributed by atoms with Crippen molar-refractivity contribution in [1.82, 2.24) is 15.2 Å². The van der Waals surface area contributed by atoms with Crippen molar-refractivity contribution >= 4 is 57.3 Å². The number of carboxylic acids is 3. The van der Waals surface area contributed by atoms with E-state index in [1.165, 1.54) is 48.5 Å². The van der Waals surface area contributed by atoms with E-state index in [2.05, 4.69) is 10.6 Å². The molecule has 16 heteroatoms. The highest BCUT2D eigenvalue weighted by molar-refractivity contribution is 6.11. The molecule has 0 saturated carbocycles. The number of nitrogens with zero attached hydrogens (tertiary/aromatic N) is 2. The van der Waals surface area contributed by atoms with Gasteiger partial charge in [-0.2, -0.15) is 0 Å². The largest absolute Gasteiger partial charge is 0.507 e. The highest BCUT2D eigenvalue weighted by Gasteiger charge is 2.27. The molecular formula is C55H43N4O12+. The molecular weight excluding hydrogens is 909 g/mol. The molecule has 2 amide bonds. The molecule has 0 saturated heterocycles. The van der Waals surface area contributed by atoms with E-state index in [-0.39, 0.29) is 69.1 Å². The first-order valence-electron chi connectivity index (χ1n) is 22.0. The fraction of sp³-hybridized carbons (Fsp3) is 0.109. The number of fused-ring (bicyclic) bond motifs is 4. The van der Waals surface area contributed by atoms with Gasteiger partial charge in [-0.1, -0.05) is 24.3 Å². The lowest BCUT2D eigenvalue weighted by Gasteiger charge is -2.19. The molecule has 0 unspecified atom stereocenters. The van der Waals surface area contributed by atoms with Crippen LogP contribution in [-0.2, 0) is 13.1 Å². The van der Waals surface area contributed by atoms with E-state index in [4.69, 9.17) is 8.83 Å². The smallest absolute Gasteiger partial charge is 0.336 e. The third-order valence-corrected chi connectivity index (χ3v) is 12.3. The summed E-state index contributed by atoms with van der Waals surface area (Å²) in [5.41, 5.74) is 4.07. The molecule has 354 valence electrons. The second kappa shape index (κ2) is 18.5. The topological polar surface area (TPSA) is 240 Å². The third kappa shape index (κ3) is 8.88. The zero-order valence-electron chi connectivity index (χ0n) is 38.5. The zero-order valence-corrected chi connectivity index (χ0v) is 38.5. The summed E-state index contributed by atoms with van der Waals surface area (Å²) in [4.78, 5) is 78.6. The number of carboxylic acid groups (broad SMARTS) is 3. The minimum atomic E-state index is -1.40. The maximum atomic E-state index is 13.6. The first-order chi connectivity index (χ1) is 34.0. The van der Waals surface area contributed by atoms with Crippen molar-refractivity contribution < 1.29 is 53.2 Å². The number of carbonyl (C=O) groups is 5. The number of anilines is 1. The molecule has 0 atom stereocenters. The molecule has 71 heavy (non-hydrogen) atoms. The van der Waals surface area contributed by atoms with Gasteiger partial charge in [-0.25, -0.2) is 19.0 Å². The third-order valence-electron chi connectivity index (χ3n) is 12.3. The van der Waals surface area contributed by atoms with E-state index in [1.54, 1.807) is 36.4 Å². The summed E-state index contributed by atoms with van der Waals surface area (Å²) < 4.78 is 14.5. The summed E-state index contributed by atoms with van der Waals surface area (Å²) in [5, 5.41) is 48.8. The van der Waals surface area contributed by atoms with E-state index >= 15 is 0 Å². The number of hydrogen-bond acceptors (Lipinski definition) is 10. The number of aromatic hydroxyl groups is 1. The predicted octanol–water partition coefficient (Wildman–Crippen LogP) is 7.84. The maximum Gasteiger partial charge on any atom is 0.336 e. The van der Waals surface area contributed by atoms with Gasteiger partial charge in [0.2, 0.25) is 5.36 Å². The quantitative estimate of drug-likeness (QED) is 0.0506. The summed E-state index contributed by atoms with van der Waals surface area (Å²) in [6.45, 7) is -0.231. The Morgan fingerprint density at radius 3 is 1.77 bits per heavy atom. The van der Waals surface area contributed by atoms with E-state index in [9.17, 15) is 49.2 Å². The highest BCUT2D eigenvalue weighted by atomic mass is 16.4. The van der Waals surface area contributed by atoms with Gasteiger partial charge in [0.1, 0.15) is 42.5 Å². The minimum absolute atomic E-state index is 0.0398. The molecule has 2 aliphatic heterocycles. The van der Waals surface area contributed by atoms with Gasteiger partial charge in [-0.3, -0.25) is 14.4 Å². The number of phenolic OH excluding ortho intramolecular Hbond substituents is 1. The van der Waals surface area contributed by atoms with Gasteiger partial charge >= 0.3 is 17.9 Å².